The maximum atomic E-state index is 12.7. The molecule has 0 aromatic heterocycles. The van der Waals surface area contributed by atoms with E-state index in [-0.39, 0.29) is 23.9 Å². The highest BCUT2D eigenvalue weighted by Crippen LogP contribution is 2.12. The first-order valence-electron chi connectivity index (χ1n) is 6.58. The Kier molecular flexibility index (Phi) is 4.74. The Morgan fingerprint density at radius 3 is 2.89 bits per heavy atom. The van der Waals surface area contributed by atoms with Crippen LogP contribution in [0.1, 0.15) is 19.8 Å². The summed E-state index contributed by atoms with van der Waals surface area (Å²) in [5.41, 5.74) is 0. The van der Waals surface area contributed by atoms with Crippen LogP contribution in [0.2, 0.25) is 0 Å². The van der Waals surface area contributed by atoms with Crippen LogP contribution in [0.3, 0.4) is 0 Å². The van der Waals surface area contributed by atoms with Crippen molar-refractivity contribution in [3.05, 3.63) is 30.1 Å². The van der Waals surface area contributed by atoms with Crippen LogP contribution in [-0.4, -0.2) is 31.1 Å². The first-order valence-corrected chi connectivity index (χ1v) is 6.58. The molecule has 1 amide bonds. The van der Waals surface area contributed by atoms with Gasteiger partial charge in [-0.3, -0.25) is 4.79 Å². The molecule has 1 fully saturated rings. The van der Waals surface area contributed by atoms with Gasteiger partial charge in [0.2, 0.25) is 5.91 Å². The van der Waals surface area contributed by atoms with E-state index in [1.165, 1.54) is 12.1 Å². The molecule has 0 saturated carbocycles. The molecule has 1 aromatic rings. The van der Waals surface area contributed by atoms with E-state index in [1.807, 2.05) is 6.92 Å². The summed E-state index contributed by atoms with van der Waals surface area (Å²) < 4.78 is 18.3. The van der Waals surface area contributed by atoms with Crippen molar-refractivity contribution >= 4 is 5.91 Å². The molecule has 1 aliphatic heterocycles. The molecule has 0 spiro atoms. The molecular formula is C14H19FN2O2. The van der Waals surface area contributed by atoms with E-state index in [1.54, 1.807) is 12.1 Å². The highest BCUT2D eigenvalue weighted by molar-refractivity contribution is 5.82. The van der Waals surface area contributed by atoms with E-state index in [4.69, 9.17) is 4.74 Å². The maximum Gasteiger partial charge on any atom is 0.237 e. The molecule has 1 aliphatic rings. The van der Waals surface area contributed by atoms with Crippen LogP contribution < -0.4 is 15.4 Å². The van der Waals surface area contributed by atoms with Crippen molar-refractivity contribution in [3.63, 3.8) is 0 Å². The minimum absolute atomic E-state index is 0.0204. The Bertz CT molecular complexity index is 416. The average molecular weight is 266 g/mol. The lowest BCUT2D eigenvalue weighted by atomic mass is 10.2. The zero-order valence-electron chi connectivity index (χ0n) is 11.0. The summed E-state index contributed by atoms with van der Waals surface area (Å²) in [4.78, 5) is 11.8. The number of amides is 1. The van der Waals surface area contributed by atoms with Gasteiger partial charge < -0.3 is 15.4 Å². The highest BCUT2D eigenvalue weighted by Gasteiger charge is 2.21. The van der Waals surface area contributed by atoms with Crippen LogP contribution >= 0.6 is 0 Å². The highest BCUT2D eigenvalue weighted by atomic mass is 19.1. The lowest BCUT2D eigenvalue weighted by Gasteiger charge is -2.17. The summed E-state index contributed by atoms with van der Waals surface area (Å²) in [6.45, 7) is 3.21. The average Bonchev–Trinajstić information content (AvgIpc) is 2.93. The van der Waals surface area contributed by atoms with Crippen LogP contribution in [0.15, 0.2) is 24.3 Å². The van der Waals surface area contributed by atoms with E-state index < -0.39 is 0 Å². The fourth-order valence-electron chi connectivity index (χ4n) is 2.06. The molecular weight excluding hydrogens is 247 g/mol. The van der Waals surface area contributed by atoms with Gasteiger partial charge in [-0.25, -0.2) is 4.39 Å². The maximum absolute atomic E-state index is 12.7. The van der Waals surface area contributed by atoms with Gasteiger partial charge in [-0.05, 0) is 50.6 Å². The molecule has 5 heteroatoms. The molecule has 2 unspecified atom stereocenters. The smallest absolute Gasteiger partial charge is 0.237 e. The van der Waals surface area contributed by atoms with Gasteiger partial charge in [-0.1, -0.05) is 0 Å². The van der Waals surface area contributed by atoms with Crippen molar-refractivity contribution in [2.24, 2.45) is 0 Å². The number of benzene rings is 1. The lowest BCUT2D eigenvalue weighted by Crippen LogP contribution is -2.43. The third-order valence-electron chi connectivity index (χ3n) is 3.09. The van der Waals surface area contributed by atoms with Crippen LogP contribution in [0.4, 0.5) is 4.39 Å². The number of carbonyl (C=O) groups excluding carboxylic acids is 1. The molecule has 104 valence electrons. The Labute approximate surface area is 112 Å². The second kappa shape index (κ2) is 6.52. The summed E-state index contributed by atoms with van der Waals surface area (Å²) in [6.07, 6.45) is 1.77. The molecule has 4 nitrogen and oxygen atoms in total. The van der Waals surface area contributed by atoms with Crippen molar-refractivity contribution < 1.29 is 13.9 Å². The minimum atomic E-state index is -0.291. The van der Waals surface area contributed by atoms with Crippen molar-refractivity contribution in [1.29, 1.82) is 0 Å². The third-order valence-corrected chi connectivity index (χ3v) is 3.09. The van der Waals surface area contributed by atoms with E-state index in [9.17, 15) is 9.18 Å². The summed E-state index contributed by atoms with van der Waals surface area (Å²) in [7, 11) is 0. The van der Waals surface area contributed by atoms with Crippen LogP contribution in [-0.2, 0) is 4.79 Å². The zero-order chi connectivity index (χ0) is 13.7. The number of hydrogen-bond donors (Lipinski definition) is 2. The van der Waals surface area contributed by atoms with E-state index in [0.717, 1.165) is 19.4 Å². The van der Waals surface area contributed by atoms with E-state index in [2.05, 4.69) is 10.6 Å². The summed E-state index contributed by atoms with van der Waals surface area (Å²) >= 11 is 0. The van der Waals surface area contributed by atoms with Crippen LogP contribution in [0.25, 0.3) is 0 Å². The van der Waals surface area contributed by atoms with E-state index in [0.29, 0.717) is 12.3 Å². The third kappa shape index (κ3) is 4.21. The second-order valence-electron chi connectivity index (χ2n) is 4.78. The second-order valence-corrected chi connectivity index (χ2v) is 4.78. The van der Waals surface area contributed by atoms with Crippen molar-refractivity contribution in [2.75, 3.05) is 13.1 Å². The SMILES string of the molecule is CC(CNC(=O)C1CCCN1)Oc1ccc(F)cc1. The largest absolute Gasteiger partial charge is 0.489 e. The molecule has 2 rings (SSSR count). The summed E-state index contributed by atoms with van der Waals surface area (Å²) in [5.74, 6) is 0.329. The number of hydrogen-bond acceptors (Lipinski definition) is 3. The minimum Gasteiger partial charge on any atom is -0.489 e. The number of ether oxygens (including phenoxy) is 1. The molecule has 1 aromatic carbocycles. The molecule has 19 heavy (non-hydrogen) atoms. The number of halogens is 1. The van der Waals surface area contributed by atoms with Crippen LogP contribution in [0.5, 0.6) is 5.75 Å². The van der Waals surface area contributed by atoms with Gasteiger partial charge in [0.15, 0.2) is 0 Å². The molecule has 1 saturated heterocycles. The molecule has 0 aliphatic carbocycles. The van der Waals surface area contributed by atoms with Gasteiger partial charge in [0.05, 0.1) is 12.6 Å². The van der Waals surface area contributed by atoms with Gasteiger partial charge in [0.25, 0.3) is 0 Å². The van der Waals surface area contributed by atoms with Crippen molar-refractivity contribution in [1.82, 2.24) is 10.6 Å². The Morgan fingerprint density at radius 1 is 1.53 bits per heavy atom. The first-order chi connectivity index (χ1) is 9.15. The quantitative estimate of drug-likeness (QED) is 0.848. The molecule has 2 atom stereocenters. The van der Waals surface area contributed by atoms with Gasteiger partial charge in [-0.15, -0.1) is 0 Å². The predicted molar refractivity (Wildman–Crippen MR) is 70.5 cm³/mol. The molecule has 0 bridgehead atoms. The molecule has 1 heterocycles. The van der Waals surface area contributed by atoms with Crippen molar-refractivity contribution in [3.8, 4) is 5.75 Å². The fraction of sp³-hybridized carbons (Fsp3) is 0.500. The van der Waals surface area contributed by atoms with Gasteiger partial charge >= 0.3 is 0 Å². The Morgan fingerprint density at radius 2 is 2.26 bits per heavy atom. The molecule has 2 N–H and O–H groups in total. The number of carbonyl (C=O) groups is 1. The molecule has 0 radical (unpaired) electrons. The number of rotatable bonds is 5. The summed E-state index contributed by atoms with van der Waals surface area (Å²) in [5, 5.41) is 6.00. The topological polar surface area (TPSA) is 50.4 Å². The van der Waals surface area contributed by atoms with Crippen molar-refractivity contribution in [2.45, 2.75) is 31.9 Å². The summed E-state index contributed by atoms with van der Waals surface area (Å²) in [6, 6.07) is 5.78. The Hall–Kier alpha value is -1.62. The van der Waals surface area contributed by atoms with Gasteiger partial charge in [0.1, 0.15) is 17.7 Å². The Balaban J connectivity index is 1.73. The predicted octanol–water partition coefficient (Wildman–Crippen LogP) is 1.46. The number of nitrogens with one attached hydrogen (secondary N) is 2. The van der Waals surface area contributed by atoms with Crippen LogP contribution in [0, 0.1) is 5.82 Å². The lowest BCUT2D eigenvalue weighted by molar-refractivity contribution is -0.123. The standard InChI is InChI=1S/C14H19FN2O2/c1-10(19-12-6-4-11(15)5-7-12)9-17-14(18)13-3-2-8-16-13/h4-7,10,13,16H,2-3,8-9H2,1H3,(H,17,18). The van der Waals surface area contributed by atoms with Gasteiger partial charge in [0, 0.05) is 0 Å². The zero-order valence-corrected chi connectivity index (χ0v) is 11.0. The monoisotopic (exact) mass is 266 g/mol. The van der Waals surface area contributed by atoms with E-state index >= 15 is 0 Å². The fourth-order valence-corrected chi connectivity index (χ4v) is 2.06. The first kappa shape index (κ1) is 13.8. The van der Waals surface area contributed by atoms with Gasteiger partial charge in [-0.2, -0.15) is 0 Å². The normalized spacial score (nSPS) is 20.0.